The molecule has 7 nitrogen and oxygen atoms in total. The molecule has 1 aromatic heterocycles. The first kappa shape index (κ1) is 18.8. The first-order valence-electron chi connectivity index (χ1n) is 9.70. The van der Waals surface area contributed by atoms with Gasteiger partial charge in [-0.05, 0) is 69.1 Å². The Morgan fingerprint density at radius 3 is 2.68 bits per heavy atom. The lowest BCUT2D eigenvalue weighted by molar-refractivity contribution is -0.124. The van der Waals surface area contributed by atoms with E-state index in [1.165, 1.54) is 26.2 Å². The molecule has 7 heteroatoms. The van der Waals surface area contributed by atoms with Crippen molar-refractivity contribution in [3.05, 3.63) is 29.5 Å². The van der Waals surface area contributed by atoms with Crippen LogP contribution in [0.25, 0.3) is 11.0 Å². The standard InChI is InChI=1S/C21H26N2O5/c1-11-18(19(25)23-21(2,10-24)20(22)26)16-8-15(3-4-17(16)28-11)27-9-12-5-13-7-14(13)6-12/h3-4,8,12-14,24H,5-7,9-10H2,1-2H3,(H2,22,26)(H,23,25)/t12?,13-,14+,21?. The molecule has 28 heavy (non-hydrogen) atoms. The Labute approximate surface area is 163 Å². The van der Waals surface area contributed by atoms with Crippen LogP contribution in [-0.2, 0) is 4.79 Å². The van der Waals surface area contributed by atoms with E-state index in [4.69, 9.17) is 14.9 Å². The van der Waals surface area contributed by atoms with Crippen molar-refractivity contribution in [1.82, 2.24) is 5.32 Å². The van der Waals surface area contributed by atoms with E-state index in [-0.39, 0.29) is 0 Å². The summed E-state index contributed by atoms with van der Waals surface area (Å²) in [6, 6.07) is 5.40. The molecule has 2 unspecified atom stereocenters. The maximum atomic E-state index is 12.8. The fourth-order valence-corrected chi connectivity index (χ4v) is 4.25. The van der Waals surface area contributed by atoms with Crippen molar-refractivity contribution in [3.63, 3.8) is 0 Å². The van der Waals surface area contributed by atoms with Gasteiger partial charge in [-0.3, -0.25) is 9.59 Å². The SMILES string of the molecule is Cc1oc2ccc(OCC3C[C@@H]4C[C@@H]4C3)cc2c1C(=O)NC(C)(CO)C(N)=O. The molecule has 4 atom stereocenters. The van der Waals surface area contributed by atoms with Crippen LogP contribution < -0.4 is 15.8 Å². The number of hydrogen-bond donors (Lipinski definition) is 3. The summed E-state index contributed by atoms with van der Waals surface area (Å²) in [7, 11) is 0. The van der Waals surface area contributed by atoms with Gasteiger partial charge < -0.3 is 25.3 Å². The van der Waals surface area contributed by atoms with E-state index in [2.05, 4.69) is 5.32 Å². The Morgan fingerprint density at radius 1 is 1.32 bits per heavy atom. The summed E-state index contributed by atoms with van der Waals surface area (Å²) in [5.41, 5.74) is 4.63. The number of benzene rings is 1. The second kappa shape index (κ2) is 6.81. The minimum absolute atomic E-state index is 0.309. The zero-order valence-corrected chi connectivity index (χ0v) is 16.2. The predicted molar refractivity (Wildman–Crippen MR) is 103 cm³/mol. The zero-order chi connectivity index (χ0) is 20.1. The number of primary amides is 1. The molecular formula is C21H26N2O5. The number of furan rings is 1. The van der Waals surface area contributed by atoms with Gasteiger partial charge in [0.15, 0.2) is 0 Å². The molecule has 0 aliphatic heterocycles. The van der Waals surface area contributed by atoms with Gasteiger partial charge >= 0.3 is 0 Å². The molecule has 2 aromatic rings. The van der Waals surface area contributed by atoms with Crippen molar-refractivity contribution >= 4 is 22.8 Å². The third kappa shape index (κ3) is 3.35. The Balaban J connectivity index is 1.54. The Morgan fingerprint density at radius 2 is 2.04 bits per heavy atom. The fraction of sp³-hybridized carbons (Fsp3) is 0.524. The topological polar surface area (TPSA) is 115 Å². The molecule has 150 valence electrons. The second-order valence-electron chi connectivity index (χ2n) is 8.40. The summed E-state index contributed by atoms with van der Waals surface area (Å²) < 4.78 is 11.7. The summed E-state index contributed by atoms with van der Waals surface area (Å²) in [5.74, 6) is 2.19. The van der Waals surface area contributed by atoms with Crippen molar-refractivity contribution < 1.29 is 23.8 Å². The van der Waals surface area contributed by atoms with Crippen molar-refractivity contribution in [2.75, 3.05) is 13.2 Å². The molecule has 0 bridgehead atoms. The molecule has 2 saturated carbocycles. The average Bonchev–Trinajstić information content (AvgIpc) is 3.11. The quantitative estimate of drug-likeness (QED) is 0.674. The molecule has 1 heterocycles. The van der Waals surface area contributed by atoms with E-state index >= 15 is 0 Å². The summed E-state index contributed by atoms with van der Waals surface area (Å²) >= 11 is 0. The van der Waals surface area contributed by atoms with Crippen LogP contribution in [0.4, 0.5) is 0 Å². The number of ether oxygens (including phenoxy) is 1. The number of aliphatic hydroxyl groups excluding tert-OH is 1. The molecule has 0 spiro atoms. The minimum Gasteiger partial charge on any atom is -0.493 e. The van der Waals surface area contributed by atoms with E-state index in [9.17, 15) is 14.7 Å². The summed E-state index contributed by atoms with van der Waals surface area (Å²) in [6.07, 6.45) is 3.88. The first-order valence-corrected chi connectivity index (χ1v) is 9.70. The Kier molecular flexibility index (Phi) is 4.57. The van der Waals surface area contributed by atoms with Gasteiger partial charge in [-0.25, -0.2) is 0 Å². The summed E-state index contributed by atoms with van der Waals surface area (Å²) in [6.45, 7) is 3.15. The van der Waals surface area contributed by atoms with Gasteiger partial charge in [0.1, 0.15) is 22.6 Å². The number of aryl methyl sites for hydroxylation is 1. The highest BCUT2D eigenvalue weighted by molar-refractivity contribution is 6.09. The average molecular weight is 386 g/mol. The van der Waals surface area contributed by atoms with Crippen molar-refractivity contribution in [2.45, 2.75) is 38.6 Å². The monoisotopic (exact) mass is 386 g/mol. The van der Waals surface area contributed by atoms with Crippen LogP contribution >= 0.6 is 0 Å². The summed E-state index contributed by atoms with van der Waals surface area (Å²) in [5, 5.41) is 12.6. The molecule has 2 aliphatic carbocycles. The van der Waals surface area contributed by atoms with Crippen molar-refractivity contribution in [1.29, 1.82) is 0 Å². The smallest absolute Gasteiger partial charge is 0.256 e. The number of rotatable bonds is 7. The largest absolute Gasteiger partial charge is 0.493 e. The highest BCUT2D eigenvalue weighted by Crippen LogP contribution is 2.54. The fourth-order valence-electron chi connectivity index (χ4n) is 4.25. The second-order valence-corrected chi connectivity index (χ2v) is 8.40. The molecule has 2 aliphatic rings. The molecule has 2 amide bonds. The molecule has 4 N–H and O–H groups in total. The first-order chi connectivity index (χ1) is 13.3. The van der Waals surface area contributed by atoms with Gasteiger partial charge in [0.05, 0.1) is 18.8 Å². The van der Waals surface area contributed by atoms with Gasteiger partial charge in [-0.15, -0.1) is 0 Å². The number of aliphatic hydroxyl groups is 1. The number of carbonyl (C=O) groups excluding carboxylic acids is 2. The lowest BCUT2D eigenvalue weighted by Crippen LogP contribution is -2.57. The molecule has 4 rings (SSSR count). The lowest BCUT2D eigenvalue weighted by Gasteiger charge is -2.24. The number of carbonyl (C=O) groups is 2. The highest BCUT2D eigenvalue weighted by Gasteiger charge is 2.45. The maximum Gasteiger partial charge on any atom is 0.256 e. The molecular weight excluding hydrogens is 360 g/mol. The summed E-state index contributed by atoms with van der Waals surface area (Å²) in [4.78, 5) is 24.4. The third-order valence-electron chi connectivity index (χ3n) is 6.14. The molecule has 1 aromatic carbocycles. The molecule has 2 fully saturated rings. The van der Waals surface area contributed by atoms with E-state index in [0.29, 0.717) is 40.6 Å². The van der Waals surface area contributed by atoms with Gasteiger partial charge in [0.2, 0.25) is 5.91 Å². The van der Waals surface area contributed by atoms with Gasteiger partial charge in [-0.2, -0.15) is 0 Å². The Hall–Kier alpha value is -2.54. The Bertz CT molecular complexity index is 926. The van der Waals surface area contributed by atoms with Crippen LogP contribution in [0, 0.1) is 24.7 Å². The third-order valence-corrected chi connectivity index (χ3v) is 6.14. The van der Waals surface area contributed by atoms with Gasteiger partial charge in [0, 0.05) is 5.39 Å². The van der Waals surface area contributed by atoms with Crippen LogP contribution in [0.1, 0.15) is 42.3 Å². The van der Waals surface area contributed by atoms with E-state index in [1.54, 1.807) is 19.1 Å². The number of amides is 2. The zero-order valence-electron chi connectivity index (χ0n) is 16.2. The van der Waals surface area contributed by atoms with E-state index in [1.807, 2.05) is 6.07 Å². The van der Waals surface area contributed by atoms with Crippen LogP contribution in [0.3, 0.4) is 0 Å². The maximum absolute atomic E-state index is 12.8. The van der Waals surface area contributed by atoms with E-state index in [0.717, 1.165) is 11.8 Å². The lowest BCUT2D eigenvalue weighted by atomic mass is 10.0. The number of hydrogen-bond acceptors (Lipinski definition) is 5. The number of fused-ring (bicyclic) bond motifs is 2. The predicted octanol–water partition coefficient (Wildman–Crippen LogP) is 2.13. The van der Waals surface area contributed by atoms with Crippen LogP contribution in [0.2, 0.25) is 0 Å². The highest BCUT2D eigenvalue weighted by atomic mass is 16.5. The van der Waals surface area contributed by atoms with Crippen LogP contribution in [0.5, 0.6) is 5.75 Å². The normalized spacial score (nSPS) is 25.2. The molecule has 0 saturated heterocycles. The van der Waals surface area contributed by atoms with Crippen molar-refractivity contribution in [2.24, 2.45) is 23.5 Å². The molecule has 0 radical (unpaired) electrons. The van der Waals surface area contributed by atoms with Crippen molar-refractivity contribution in [3.8, 4) is 5.75 Å². The van der Waals surface area contributed by atoms with Crippen LogP contribution in [-0.4, -0.2) is 35.7 Å². The van der Waals surface area contributed by atoms with Gasteiger partial charge in [0.25, 0.3) is 5.91 Å². The van der Waals surface area contributed by atoms with Crippen LogP contribution in [0.15, 0.2) is 22.6 Å². The van der Waals surface area contributed by atoms with E-state index < -0.39 is 24.0 Å². The minimum atomic E-state index is -1.55. The number of nitrogens with two attached hydrogens (primary N) is 1. The number of nitrogens with one attached hydrogen (secondary N) is 1. The van der Waals surface area contributed by atoms with Gasteiger partial charge in [-0.1, -0.05) is 0 Å².